The molecule has 0 spiro atoms. The largest absolute Gasteiger partial charge is 0.496 e. The van der Waals surface area contributed by atoms with Crippen LogP contribution in [-0.4, -0.2) is 30.0 Å². The van der Waals surface area contributed by atoms with Crippen molar-refractivity contribution in [3.63, 3.8) is 0 Å². The van der Waals surface area contributed by atoms with Crippen molar-refractivity contribution in [1.29, 1.82) is 0 Å². The van der Waals surface area contributed by atoms with E-state index in [1.807, 2.05) is 24.7 Å². The molecule has 0 saturated carbocycles. The van der Waals surface area contributed by atoms with Gasteiger partial charge >= 0.3 is 0 Å². The van der Waals surface area contributed by atoms with Gasteiger partial charge in [0.1, 0.15) is 5.75 Å². The lowest BCUT2D eigenvalue weighted by Crippen LogP contribution is -2.43. The van der Waals surface area contributed by atoms with Crippen LogP contribution in [0.15, 0.2) is 30.6 Å². The molecule has 3 rings (SSSR count). The van der Waals surface area contributed by atoms with Gasteiger partial charge in [-0.3, -0.25) is 4.68 Å². The van der Waals surface area contributed by atoms with Crippen LogP contribution in [-0.2, 0) is 0 Å². The van der Waals surface area contributed by atoms with Gasteiger partial charge in [0, 0.05) is 31.8 Å². The van der Waals surface area contributed by atoms with Gasteiger partial charge in [-0.1, -0.05) is 32.0 Å². The predicted molar refractivity (Wildman–Crippen MR) is 84.3 cm³/mol. The van der Waals surface area contributed by atoms with Crippen LogP contribution < -0.4 is 10.1 Å². The summed E-state index contributed by atoms with van der Waals surface area (Å²) in [6, 6.07) is 6.68. The molecule has 1 aliphatic heterocycles. The van der Waals surface area contributed by atoms with E-state index in [1.54, 1.807) is 7.11 Å². The van der Waals surface area contributed by atoms with Gasteiger partial charge in [-0.2, -0.15) is 5.10 Å². The van der Waals surface area contributed by atoms with Gasteiger partial charge in [0.25, 0.3) is 0 Å². The Hall–Kier alpha value is -1.81. The molecule has 2 heterocycles. The second-order valence-electron chi connectivity index (χ2n) is 4.68. The normalized spacial score (nSPS) is 14.2. The molecule has 1 N–H and O–H groups in total. The molecule has 4 heteroatoms. The Morgan fingerprint density at radius 3 is 2.70 bits per heavy atom. The van der Waals surface area contributed by atoms with Crippen LogP contribution in [0, 0.1) is 6.92 Å². The van der Waals surface area contributed by atoms with Crippen LogP contribution in [0.1, 0.15) is 26.9 Å². The van der Waals surface area contributed by atoms with Crippen molar-refractivity contribution in [2.75, 3.05) is 20.2 Å². The molecule has 0 amide bonds. The topological polar surface area (TPSA) is 39.1 Å². The molecule has 0 atom stereocenters. The Morgan fingerprint density at radius 2 is 2.10 bits per heavy atom. The van der Waals surface area contributed by atoms with Crippen molar-refractivity contribution in [2.45, 2.75) is 26.8 Å². The van der Waals surface area contributed by atoms with Crippen molar-refractivity contribution in [3.8, 4) is 16.9 Å². The molecule has 0 unspecified atom stereocenters. The quantitative estimate of drug-likeness (QED) is 0.934. The molecule has 1 saturated heterocycles. The molecule has 2 aromatic rings. The molecule has 4 nitrogen and oxygen atoms in total. The first-order valence-corrected chi connectivity index (χ1v) is 7.18. The van der Waals surface area contributed by atoms with Gasteiger partial charge in [-0.15, -0.1) is 0 Å². The highest BCUT2D eigenvalue weighted by atomic mass is 16.5. The maximum absolute atomic E-state index is 5.49. The molecule has 0 bridgehead atoms. The van der Waals surface area contributed by atoms with Gasteiger partial charge < -0.3 is 10.1 Å². The Kier molecular flexibility index (Phi) is 4.79. The van der Waals surface area contributed by atoms with Crippen LogP contribution in [0.3, 0.4) is 0 Å². The minimum absolute atomic E-state index is 0. The van der Waals surface area contributed by atoms with Crippen LogP contribution in [0.2, 0.25) is 0 Å². The smallest absolute Gasteiger partial charge is 0.129 e. The van der Waals surface area contributed by atoms with Gasteiger partial charge in [0.15, 0.2) is 0 Å². The van der Waals surface area contributed by atoms with E-state index in [1.165, 1.54) is 0 Å². The number of aryl methyl sites for hydroxylation is 1. The molecule has 0 radical (unpaired) electrons. The third-order valence-electron chi connectivity index (χ3n) is 3.46. The number of hydrogen-bond acceptors (Lipinski definition) is 3. The SMILES string of the molecule is CC.COc1c(C)cccc1-c1cnn(C2CNC2)c1.[HH]. The van der Waals surface area contributed by atoms with Gasteiger partial charge in [0.05, 0.1) is 19.3 Å². The average molecular weight is 275 g/mol. The summed E-state index contributed by atoms with van der Waals surface area (Å²) in [5.74, 6) is 0.934. The Morgan fingerprint density at radius 1 is 1.35 bits per heavy atom. The fraction of sp³-hybridized carbons (Fsp3) is 0.438. The lowest BCUT2D eigenvalue weighted by atomic mass is 10.0. The fourth-order valence-electron chi connectivity index (χ4n) is 2.29. The number of para-hydroxylation sites is 1. The summed E-state index contributed by atoms with van der Waals surface area (Å²) in [7, 11) is 1.71. The van der Waals surface area contributed by atoms with Crippen molar-refractivity contribution < 1.29 is 6.16 Å². The molecule has 1 aliphatic rings. The number of aromatic nitrogens is 2. The number of rotatable bonds is 3. The van der Waals surface area contributed by atoms with Gasteiger partial charge in [-0.25, -0.2) is 0 Å². The molecule has 1 fully saturated rings. The minimum atomic E-state index is 0. The number of hydrogen-bond donors (Lipinski definition) is 1. The zero-order valence-corrected chi connectivity index (χ0v) is 12.7. The van der Waals surface area contributed by atoms with Gasteiger partial charge in [-0.05, 0) is 12.5 Å². The molecule has 20 heavy (non-hydrogen) atoms. The standard InChI is InChI=1S/C14H17N3O.C2H6.H2/c1-10-4-3-5-13(14(10)18-2)11-6-16-17(9-11)12-7-15-8-12;1-2;/h3-6,9,12,15H,7-8H2,1-2H3;1-2H3;1H. The first-order chi connectivity index (χ1) is 9.79. The summed E-state index contributed by atoms with van der Waals surface area (Å²) in [4.78, 5) is 0. The lowest BCUT2D eigenvalue weighted by molar-refractivity contribution is 0.318. The van der Waals surface area contributed by atoms with E-state index < -0.39 is 0 Å². The third kappa shape index (κ3) is 2.70. The zero-order valence-electron chi connectivity index (χ0n) is 12.7. The average Bonchev–Trinajstić information content (AvgIpc) is 2.88. The number of methoxy groups -OCH3 is 1. The first kappa shape index (κ1) is 14.6. The highest BCUT2D eigenvalue weighted by molar-refractivity contribution is 5.71. The van der Waals surface area contributed by atoms with Gasteiger partial charge in [0.2, 0.25) is 0 Å². The maximum atomic E-state index is 5.49. The second-order valence-corrected chi connectivity index (χ2v) is 4.68. The van der Waals surface area contributed by atoms with Crippen LogP contribution in [0.5, 0.6) is 5.75 Å². The summed E-state index contributed by atoms with van der Waals surface area (Å²) in [6.07, 6.45) is 4.01. The van der Waals surface area contributed by atoms with E-state index >= 15 is 0 Å². The summed E-state index contributed by atoms with van der Waals surface area (Å²) in [5.41, 5.74) is 3.37. The highest BCUT2D eigenvalue weighted by Crippen LogP contribution is 2.32. The van der Waals surface area contributed by atoms with Crippen LogP contribution in [0.4, 0.5) is 0 Å². The monoisotopic (exact) mass is 275 g/mol. The third-order valence-corrected chi connectivity index (χ3v) is 3.46. The van der Waals surface area contributed by atoms with Crippen LogP contribution >= 0.6 is 0 Å². The molecular formula is C16H25N3O. The number of benzene rings is 1. The number of nitrogens with zero attached hydrogens (tertiary/aromatic N) is 2. The summed E-state index contributed by atoms with van der Waals surface area (Å²) in [5, 5.41) is 7.70. The van der Waals surface area contributed by atoms with E-state index in [2.05, 4.69) is 41.7 Å². The maximum Gasteiger partial charge on any atom is 0.129 e. The lowest BCUT2D eigenvalue weighted by Gasteiger charge is -2.27. The predicted octanol–water partition coefficient (Wildman–Crippen LogP) is 3.28. The van der Waals surface area contributed by atoms with Crippen molar-refractivity contribution in [2.24, 2.45) is 0 Å². The summed E-state index contributed by atoms with van der Waals surface area (Å²) < 4.78 is 7.53. The minimum Gasteiger partial charge on any atom is -0.496 e. The molecular weight excluding hydrogens is 250 g/mol. The number of nitrogens with one attached hydrogen (secondary N) is 1. The van der Waals surface area contributed by atoms with Crippen molar-refractivity contribution in [3.05, 3.63) is 36.2 Å². The van der Waals surface area contributed by atoms with E-state index in [0.29, 0.717) is 6.04 Å². The van der Waals surface area contributed by atoms with Crippen molar-refractivity contribution >= 4 is 0 Å². The Balaban J connectivity index is 0.000000706. The first-order valence-electron chi connectivity index (χ1n) is 7.18. The second kappa shape index (κ2) is 6.57. The van der Waals surface area contributed by atoms with E-state index in [0.717, 1.165) is 35.5 Å². The molecule has 1 aromatic heterocycles. The van der Waals surface area contributed by atoms with E-state index in [4.69, 9.17) is 4.74 Å². The molecule has 1 aromatic carbocycles. The highest BCUT2D eigenvalue weighted by Gasteiger charge is 2.20. The molecule has 110 valence electrons. The molecule has 0 aliphatic carbocycles. The summed E-state index contributed by atoms with van der Waals surface area (Å²) in [6.45, 7) is 8.07. The fourth-order valence-corrected chi connectivity index (χ4v) is 2.29. The Bertz CT molecular complexity index is 564. The van der Waals surface area contributed by atoms with Crippen molar-refractivity contribution in [1.82, 2.24) is 15.1 Å². The number of ether oxygens (including phenoxy) is 1. The van der Waals surface area contributed by atoms with Crippen LogP contribution in [0.25, 0.3) is 11.1 Å². The van der Waals surface area contributed by atoms with E-state index in [9.17, 15) is 0 Å². The summed E-state index contributed by atoms with van der Waals surface area (Å²) >= 11 is 0. The zero-order chi connectivity index (χ0) is 14.5. The van der Waals surface area contributed by atoms with E-state index in [-0.39, 0.29) is 1.43 Å². The Labute approximate surface area is 122 Å².